The highest BCUT2D eigenvalue weighted by atomic mass is 16.4. The summed E-state index contributed by atoms with van der Waals surface area (Å²) in [6.07, 6.45) is 2.73. The van der Waals surface area contributed by atoms with Crippen molar-refractivity contribution in [1.29, 1.82) is 0 Å². The first-order valence-electron chi connectivity index (χ1n) is 6.12. The van der Waals surface area contributed by atoms with E-state index in [4.69, 9.17) is 10.9 Å². The van der Waals surface area contributed by atoms with Crippen LogP contribution in [0.15, 0.2) is 23.5 Å². The Labute approximate surface area is 108 Å². The number of rotatable bonds is 5. The van der Waals surface area contributed by atoms with Crippen LogP contribution in [0.3, 0.4) is 0 Å². The Morgan fingerprint density at radius 3 is 2.56 bits per heavy atom. The molecule has 1 aromatic rings. The molecule has 0 aliphatic carbocycles. The first kappa shape index (κ1) is 14.3. The second-order valence-electron chi connectivity index (χ2n) is 4.98. The maximum Gasteiger partial charge on any atom is 0.171 e. The van der Waals surface area contributed by atoms with E-state index in [1.807, 2.05) is 13.1 Å². The van der Waals surface area contributed by atoms with Gasteiger partial charge in [-0.05, 0) is 31.4 Å². The molecule has 3 N–H and O–H groups in total. The van der Waals surface area contributed by atoms with Gasteiger partial charge in [-0.25, -0.2) is 4.98 Å². The van der Waals surface area contributed by atoms with Crippen molar-refractivity contribution in [2.24, 2.45) is 16.8 Å². The van der Waals surface area contributed by atoms with Crippen molar-refractivity contribution in [1.82, 2.24) is 4.98 Å². The average molecular weight is 250 g/mol. The average Bonchev–Trinajstić information content (AvgIpc) is 2.36. The summed E-state index contributed by atoms with van der Waals surface area (Å²) in [5, 5.41) is 11.5. The van der Waals surface area contributed by atoms with E-state index in [-0.39, 0.29) is 5.84 Å². The van der Waals surface area contributed by atoms with Gasteiger partial charge in [-0.2, -0.15) is 0 Å². The lowest BCUT2D eigenvalue weighted by molar-refractivity contribution is 0.318. The molecule has 0 radical (unpaired) electrons. The number of amidine groups is 1. The van der Waals surface area contributed by atoms with Crippen molar-refractivity contribution >= 4 is 11.7 Å². The number of anilines is 1. The van der Waals surface area contributed by atoms with E-state index in [1.54, 1.807) is 12.3 Å². The van der Waals surface area contributed by atoms with E-state index in [0.29, 0.717) is 17.5 Å². The first-order chi connectivity index (χ1) is 8.45. The van der Waals surface area contributed by atoms with Gasteiger partial charge in [0.15, 0.2) is 5.84 Å². The van der Waals surface area contributed by atoms with Crippen LogP contribution < -0.4 is 10.6 Å². The summed E-state index contributed by atoms with van der Waals surface area (Å²) in [5.41, 5.74) is 6.11. The van der Waals surface area contributed by atoms with Crippen molar-refractivity contribution in [2.75, 3.05) is 11.9 Å². The quantitative estimate of drug-likeness (QED) is 0.363. The fraction of sp³-hybridized carbons (Fsp3) is 0.538. The molecule has 0 saturated heterocycles. The van der Waals surface area contributed by atoms with Crippen molar-refractivity contribution in [3.05, 3.63) is 23.9 Å². The first-order valence-corrected chi connectivity index (χ1v) is 6.12. The van der Waals surface area contributed by atoms with Crippen LogP contribution in [0.2, 0.25) is 0 Å². The molecule has 0 spiro atoms. The predicted molar refractivity (Wildman–Crippen MR) is 74.1 cm³/mol. The number of nitrogens with two attached hydrogens (primary N) is 1. The van der Waals surface area contributed by atoms with Crippen molar-refractivity contribution in [3.8, 4) is 0 Å². The van der Waals surface area contributed by atoms with E-state index >= 15 is 0 Å². The number of pyridine rings is 1. The summed E-state index contributed by atoms with van der Waals surface area (Å²) in [6, 6.07) is 4.10. The number of hydrogen-bond acceptors (Lipinski definition) is 4. The van der Waals surface area contributed by atoms with E-state index in [2.05, 4.69) is 35.8 Å². The zero-order valence-electron chi connectivity index (χ0n) is 11.5. The third-order valence-corrected chi connectivity index (χ3v) is 2.99. The lowest BCUT2D eigenvalue weighted by atomic mass is 10.0. The Hall–Kier alpha value is -1.78. The Bertz CT molecular complexity index is 400. The van der Waals surface area contributed by atoms with Gasteiger partial charge in [0.25, 0.3) is 0 Å². The van der Waals surface area contributed by atoms with Crippen LogP contribution in [0.1, 0.15) is 32.8 Å². The Morgan fingerprint density at radius 1 is 1.44 bits per heavy atom. The highest BCUT2D eigenvalue weighted by molar-refractivity contribution is 5.96. The standard InChI is InChI=1S/C13H22N4O/c1-9(2)7-10(3)17(4)12-6-5-11(8-15-12)13(14)16-18/h5-6,8-10,18H,7H2,1-4H3,(H2,14,16). The Balaban J connectivity index is 2.78. The van der Waals surface area contributed by atoms with Gasteiger partial charge < -0.3 is 15.8 Å². The maximum atomic E-state index is 8.58. The SMILES string of the molecule is CC(C)CC(C)N(C)c1ccc(C(N)=NO)cn1. The number of hydrogen-bond donors (Lipinski definition) is 2. The summed E-state index contributed by atoms with van der Waals surface area (Å²) in [7, 11) is 2.03. The monoisotopic (exact) mass is 250 g/mol. The van der Waals surface area contributed by atoms with Crippen LogP contribution in [-0.2, 0) is 0 Å². The van der Waals surface area contributed by atoms with Gasteiger partial charge >= 0.3 is 0 Å². The van der Waals surface area contributed by atoms with Gasteiger partial charge in [-0.1, -0.05) is 19.0 Å². The van der Waals surface area contributed by atoms with Gasteiger partial charge in [0.2, 0.25) is 0 Å². The van der Waals surface area contributed by atoms with Gasteiger partial charge in [0.05, 0.1) is 0 Å². The van der Waals surface area contributed by atoms with Crippen LogP contribution in [-0.4, -0.2) is 29.1 Å². The predicted octanol–water partition coefficient (Wildman–Crippen LogP) is 2.05. The van der Waals surface area contributed by atoms with Crippen LogP contribution in [0.25, 0.3) is 0 Å². The highest BCUT2D eigenvalue weighted by Gasteiger charge is 2.12. The minimum absolute atomic E-state index is 0.0759. The normalized spacial score (nSPS) is 13.7. The molecule has 5 nitrogen and oxygen atoms in total. The number of nitrogens with zero attached hydrogens (tertiary/aromatic N) is 3. The summed E-state index contributed by atoms with van der Waals surface area (Å²) >= 11 is 0. The molecule has 1 atom stereocenters. The lowest BCUT2D eigenvalue weighted by Crippen LogP contribution is -2.30. The van der Waals surface area contributed by atoms with E-state index < -0.39 is 0 Å². The molecule has 1 rings (SSSR count). The topological polar surface area (TPSA) is 74.7 Å². The second kappa shape index (κ2) is 6.23. The minimum Gasteiger partial charge on any atom is -0.409 e. The molecule has 0 saturated carbocycles. The third kappa shape index (κ3) is 3.61. The van der Waals surface area contributed by atoms with Crippen LogP contribution in [0, 0.1) is 5.92 Å². The van der Waals surface area contributed by atoms with E-state index in [0.717, 1.165) is 12.2 Å². The molecule has 0 amide bonds. The van der Waals surface area contributed by atoms with Crippen LogP contribution >= 0.6 is 0 Å². The largest absolute Gasteiger partial charge is 0.409 e. The van der Waals surface area contributed by atoms with Crippen LogP contribution in [0.4, 0.5) is 5.82 Å². The Morgan fingerprint density at radius 2 is 2.11 bits per heavy atom. The summed E-state index contributed by atoms with van der Waals surface area (Å²) in [6.45, 7) is 6.59. The molecule has 0 aromatic carbocycles. The third-order valence-electron chi connectivity index (χ3n) is 2.99. The zero-order valence-corrected chi connectivity index (χ0v) is 11.5. The zero-order chi connectivity index (χ0) is 13.7. The molecule has 1 heterocycles. The molecular weight excluding hydrogens is 228 g/mol. The molecule has 0 fully saturated rings. The summed E-state index contributed by atoms with van der Waals surface area (Å²) in [4.78, 5) is 6.46. The lowest BCUT2D eigenvalue weighted by Gasteiger charge is -2.27. The summed E-state index contributed by atoms with van der Waals surface area (Å²) in [5.74, 6) is 1.61. The van der Waals surface area contributed by atoms with E-state index in [1.165, 1.54) is 0 Å². The molecule has 0 aliphatic heterocycles. The molecule has 5 heteroatoms. The fourth-order valence-corrected chi connectivity index (χ4v) is 1.87. The molecular formula is C13H22N4O. The van der Waals surface area contributed by atoms with Crippen molar-refractivity contribution in [2.45, 2.75) is 33.2 Å². The van der Waals surface area contributed by atoms with Crippen LogP contribution in [0.5, 0.6) is 0 Å². The van der Waals surface area contributed by atoms with E-state index in [9.17, 15) is 0 Å². The molecule has 18 heavy (non-hydrogen) atoms. The molecule has 1 unspecified atom stereocenters. The fourth-order valence-electron chi connectivity index (χ4n) is 1.87. The van der Waals surface area contributed by atoms with Crippen molar-refractivity contribution in [3.63, 3.8) is 0 Å². The highest BCUT2D eigenvalue weighted by Crippen LogP contribution is 2.17. The molecule has 100 valence electrons. The molecule has 0 aliphatic rings. The Kier molecular flexibility index (Phi) is 4.95. The smallest absolute Gasteiger partial charge is 0.171 e. The van der Waals surface area contributed by atoms with Gasteiger partial charge in [-0.15, -0.1) is 0 Å². The number of aromatic nitrogens is 1. The van der Waals surface area contributed by atoms with Gasteiger partial charge in [-0.3, -0.25) is 0 Å². The van der Waals surface area contributed by atoms with Gasteiger partial charge in [0.1, 0.15) is 5.82 Å². The number of oxime groups is 1. The summed E-state index contributed by atoms with van der Waals surface area (Å²) < 4.78 is 0. The molecule has 1 aromatic heterocycles. The second-order valence-corrected chi connectivity index (χ2v) is 4.98. The minimum atomic E-state index is 0.0759. The van der Waals surface area contributed by atoms with Crippen molar-refractivity contribution < 1.29 is 5.21 Å². The van der Waals surface area contributed by atoms with Gasteiger partial charge in [0, 0.05) is 24.8 Å². The molecule has 0 bridgehead atoms. The maximum absolute atomic E-state index is 8.58.